The molecule has 0 bridgehead atoms. The number of rotatable bonds is 6. The maximum absolute atomic E-state index is 12.9. The average molecular weight is 318 g/mol. The lowest BCUT2D eigenvalue weighted by molar-refractivity contribution is -0.123. The molecule has 2 rings (SSSR count). The first-order valence-electron chi connectivity index (χ1n) is 7.35. The van der Waals surface area contributed by atoms with Gasteiger partial charge in [-0.05, 0) is 30.3 Å². The van der Waals surface area contributed by atoms with E-state index < -0.39 is 0 Å². The van der Waals surface area contributed by atoms with Crippen molar-refractivity contribution in [2.24, 2.45) is 5.92 Å². The molecular weight excluding hydrogens is 299 g/mol. The van der Waals surface area contributed by atoms with Crippen molar-refractivity contribution in [1.82, 2.24) is 20.4 Å². The number of hydrogen-bond acceptors (Lipinski definition) is 3. The number of nitrogens with zero attached hydrogens (tertiary/aromatic N) is 2. The van der Waals surface area contributed by atoms with Gasteiger partial charge in [-0.25, -0.2) is 9.07 Å². The highest BCUT2D eigenvalue weighted by Gasteiger charge is 2.10. The Balaban J connectivity index is 1.86. The maximum atomic E-state index is 12.9. The smallest absolute Gasteiger partial charge is 0.271 e. The van der Waals surface area contributed by atoms with Crippen LogP contribution in [0.4, 0.5) is 4.39 Å². The molecule has 1 aromatic carbocycles. The van der Waals surface area contributed by atoms with E-state index in [2.05, 4.69) is 15.7 Å². The first-order chi connectivity index (χ1) is 11.0. The summed E-state index contributed by atoms with van der Waals surface area (Å²) in [5, 5.41) is 9.54. The molecule has 1 aromatic heterocycles. The van der Waals surface area contributed by atoms with Crippen molar-refractivity contribution < 1.29 is 14.0 Å². The first kappa shape index (κ1) is 16.7. The summed E-state index contributed by atoms with van der Waals surface area (Å²) in [6.07, 6.45) is 1.63. The highest BCUT2D eigenvalue weighted by atomic mass is 19.1. The van der Waals surface area contributed by atoms with Crippen LogP contribution in [0.3, 0.4) is 0 Å². The fraction of sp³-hybridized carbons (Fsp3) is 0.312. The molecule has 6 nitrogen and oxygen atoms in total. The van der Waals surface area contributed by atoms with Crippen molar-refractivity contribution in [2.75, 3.05) is 13.1 Å². The standard InChI is InChI=1S/C16H19FN4O2/c1-11(2)15(22)18-8-9-19-16(23)14-7-10-21(20-14)13-5-3-12(17)4-6-13/h3-7,10-11H,8-9H2,1-2H3,(H,18,22)(H,19,23). The van der Waals surface area contributed by atoms with E-state index >= 15 is 0 Å². The third kappa shape index (κ3) is 4.64. The Labute approximate surface area is 133 Å². The van der Waals surface area contributed by atoms with E-state index in [1.807, 2.05) is 0 Å². The SMILES string of the molecule is CC(C)C(=O)NCCNC(=O)c1ccn(-c2ccc(F)cc2)n1. The van der Waals surface area contributed by atoms with Gasteiger partial charge < -0.3 is 10.6 Å². The molecule has 0 radical (unpaired) electrons. The third-order valence-corrected chi connectivity index (χ3v) is 3.15. The largest absolute Gasteiger partial charge is 0.354 e. The number of carbonyl (C=O) groups excluding carboxylic acids is 2. The number of aromatic nitrogens is 2. The lowest BCUT2D eigenvalue weighted by Crippen LogP contribution is -2.36. The minimum absolute atomic E-state index is 0.0557. The van der Waals surface area contributed by atoms with Crippen LogP contribution in [0.5, 0.6) is 0 Å². The highest BCUT2D eigenvalue weighted by molar-refractivity contribution is 5.92. The maximum Gasteiger partial charge on any atom is 0.271 e. The van der Waals surface area contributed by atoms with E-state index in [0.717, 1.165) is 0 Å². The molecule has 0 atom stereocenters. The predicted octanol–water partition coefficient (Wildman–Crippen LogP) is 1.51. The zero-order valence-electron chi connectivity index (χ0n) is 13.0. The van der Waals surface area contributed by atoms with E-state index in [1.54, 1.807) is 38.2 Å². The Morgan fingerprint density at radius 1 is 1.13 bits per heavy atom. The summed E-state index contributed by atoms with van der Waals surface area (Å²) < 4.78 is 14.4. The van der Waals surface area contributed by atoms with E-state index in [0.29, 0.717) is 18.8 Å². The normalized spacial score (nSPS) is 10.6. The second-order valence-electron chi connectivity index (χ2n) is 5.32. The van der Waals surface area contributed by atoms with Gasteiger partial charge in [0, 0.05) is 25.2 Å². The predicted molar refractivity (Wildman–Crippen MR) is 83.7 cm³/mol. The molecule has 7 heteroatoms. The van der Waals surface area contributed by atoms with Crippen LogP contribution in [-0.2, 0) is 4.79 Å². The molecule has 0 aliphatic rings. The van der Waals surface area contributed by atoms with Crippen molar-refractivity contribution >= 4 is 11.8 Å². The van der Waals surface area contributed by atoms with E-state index in [4.69, 9.17) is 0 Å². The molecule has 2 N–H and O–H groups in total. The number of benzene rings is 1. The number of halogens is 1. The van der Waals surface area contributed by atoms with Gasteiger partial charge in [-0.15, -0.1) is 0 Å². The van der Waals surface area contributed by atoms with Crippen LogP contribution in [0.2, 0.25) is 0 Å². The molecule has 0 unspecified atom stereocenters. The third-order valence-electron chi connectivity index (χ3n) is 3.15. The molecule has 2 amide bonds. The lowest BCUT2D eigenvalue weighted by atomic mass is 10.2. The van der Waals surface area contributed by atoms with Crippen molar-refractivity contribution in [1.29, 1.82) is 0 Å². The highest BCUT2D eigenvalue weighted by Crippen LogP contribution is 2.08. The molecule has 1 heterocycles. The van der Waals surface area contributed by atoms with Crippen LogP contribution in [0.1, 0.15) is 24.3 Å². The second kappa shape index (κ2) is 7.53. The molecule has 0 spiro atoms. The van der Waals surface area contributed by atoms with Gasteiger partial charge >= 0.3 is 0 Å². The molecule has 0 aliphatic carbocycles. The van der Waals surface area contributed by atoms with Gasteiger partial charge in [-0.3, -0.25) is 9.59 Å². The summed E-state index contributed by atoms with van der Waals surface area (Å²) in [5.41, 5.74) is 0.916. The Morgan fingerprint density at radius 3 is 2.43 bits per heavy atom. The lowest BCUT2D eigenvalue weighted by Gasteiger charge is -2.08. The van der Waals surface area contributed by atoms with Gasteiger partial charge in [-0.2, -0.15) is 5.10 Å². The van der Waals surface area contributed by atoms with Gasteiger partial charge in [0.25, 0.3) is 5.91 Å². The zero-order valence-corrected chi connectivity index (χ0v) is 13.0. The van der Waals surface area contributed by atoms with Crippen LogP contribution in [0, 0.1) is 11.7 Å². The van der Waals surface area contributed by atoms with E-state index in [-0.39, 0.29) is 29.2 Å². The van der Waals surface area contributed by atoms with Crippen LogP contribution in [0.15, 0.2) is 36.5 Å². The second-order valence-corrected chi connectivity index (χ2v) is 5.32. The zero-order chi connectivity index (χ0) is 16.8. The van der Waals surface area contributed by atoms with E-state index in [1.165, 1.54) is 16.8 Å². The Morgan fingerprint density at radius 2 is 1.78 bits per heavy atom. The number of hydrogen-bond donors (Lipinski definition) is 2. The fourth-order valence-corrected chi connectivity index (χ4v) is 1.84. The molecule has 2 aromatic rings. The van der Waals surface area contributed by atoms with Crippen LogP contribution < -0.4 is 10.6 Å². The van der Waals surface area contributed by atoms with Gasteiger partial charge in [0.05, 0.1) is 5.69 Å². The Hall–Kier alpha value is -2.70. The molecule has 0 saturated carbocycles. The summed E-state index contributed by atoms with van der Waals surface area (Å²) in [6.45, 7) is 4.29. The van der Waals surface area contributed by atoms with Gasteiger partial charge in [-0.1, -0.05) is 13.8 Å². The first-order valence-corrected chi connectivity index (χ1v) is 7.35. The average Bonchev–Trinajstić information content (AvgIpc) is 3.01. The summed E-state index contributed by atoms with van der Waals surface area (Å²) in [4.78, 5) is 23.3. The molecule has 122 valence electrons. The Bertz CT molecular complexity index is 680. The van der Waals surface area contributed by atoms with Gasteiger partial charge in [0.15, 0.2) is 5.69 Å². The summed E-state index contributed by atoms with van der Waals surface area (Å²) in [5.74, 6) is -0.802. The molecule has 23 heavy (non-hydrogen) atoms. The van der Waals surface area contributed by atoms with Crippen molar-refractivity contribution in [2.45, 2.75) is 13.8 Å². The quantitative estimate of drug-likeness (QED) is 0.793. The molecule has 0 aliphatic heterocycles. The number of nitrogens with one attached hydrogen (secondary N) is 2. The van der Waals surface area contributed by atoms with Crippen LogP contribution in [-0.4, -0.2) is 34.7 Å². The van der Waals surface area contributed by atoms with Crippen LogP contribution >= 0.6 is 0 Å². The van der Waals surface area contributed by atoms with Crippen molar-refractivity contribution in [3.8, 4) is 5.69 Å². The number of amides is 2. The van der Waals surface area contributed by atoms with Crippen LogP contribution in [0.25, 0.3) is 5.69 Å². The summed E-state index contributed by atoms with van der Waals surface area (Å²) in [7, 11) is 0. The van der Waals surface area contributed by atoms with Gasteiger partial charge in [0.2, 0.25) is 5.91 Å². The summed E-state index contributed by atoms with van der Waals surface area (Å²) in [6, 6.07) is 7.38. The van der Waals surface area contributed by atoms with Crippen molar-refractivity contribution in [3.05, 3.63) is 48.0 Å². The van der Waals surface area contributed by atoms with E-state index in [9.17, 15) is 14.0 Å². The monoisotopic (exact) mass is 318 g/mol. The van der Waals surface area contributed by atoms with Crippen molar-refractivity contribution in [3.63, 3.8) is 0 Å². The molecule has 0 fully saturated rings. The number of carbonyl (C=O) groups is 2. The Kier molecular flexibility index (Phi) is 5.46. The molecular formula is C16H19FN4O2. The topological polar surface area (TPSA) is 76.0 Å². The molecule has 0 saturated heterocycles. The minimum Gasteiger partial charge on any atom is -0.354 e. The van der Waals surface area contributed by atoms with Gasteiger partial charge in [0.1, 0.15) is 5.82 Å². The summed E-state index contributed by atoms with van der Waals surface area (Å²) >= 11 is 0. The minimum atomic E-state index is -0.331. The fourth-order valence-electron chi connectivity index (χ4n) is 1.84.